The van der Waals surface area contributed by atoms with E-state index in [1.165, 1.54) is 0 Å². The van der Waals surface area contributed by atoms with Crippen LogP contribution in [0.5, 0.6) is 0 Å². The van der Waals surface area contributed by atoms with Crippen LogP contribution < -0.4 is 0 Å². The van der Waals surface area contributed by atoms with Gasteiger partial charge in [-0.25, -0.2) is 4.39 Å². The van der Waals surface area contributed by atoms with E-state index >= 15 is 0 Å². The van der Waals surface area contributed by atoms with E-state index in [9.17, 15) is 4.39 Å². The summed E-state index contributed by atoms with van der Waals surface area (Å²) in [5.74, 6) is -0.0931. The summed E-state index contributed by atoms with van der Waals surface area (Å²) in [6.45, 7) is 1.89. The summed E-state index contributed by atoms with van der Waals surface area (Å²) in [7, 11) is 0. The fourth-order valence-electron chi connectivity index (χ4n) is 0.957. The van der Waals surface area contributed by atoms with E-state index in [0.717, 1.165) is 22.9 Å². The fourth-order valence-corrected chi connectivity index (χ4v) is 1.38. The quantitative estimate of drug-likeness (QED) is 0.668. The molecule has 0 saturated heterocycles. The number of benzene rings is 1. The number of halogens is 2. The van der Waals surface area contributed by atoms with E-state index in [1.807, 2.05) is 19.1 Å². The van der Waals surface area contributed by atoms with E-state index in [1.54, 1.807) is 6.07 Å². The molecule has 0 unspecified atom stereocenters. The molecular formula is C9H10BrF. The van der Waals surface area contributed by atoms with Gasteiger partial charge in [-0.3, -0.25) is 0 Å². The van der Waals surface area contributed by atoms with Crippen molar-refractivity contribution in [2.75, 3.05) is 5.33 Å². The highest BCUT2D eigenvalue weighted by Gasteiger charge is 1.99. The third-order valence-corrected chi connectivity index (χ3v) is 1.97. The maximum Gasteiger partial charge on any atom is 0.126 e. The number of rotatable bonds is 2. The number of hydrogen-bond donors (Lipinski definition) is 0. The van der Waals surface area contributed by atoms with Crippen molar-refractivity contribution < 1.29 is 4.39 Å². The predicted molar refractivity (Wildman–Crippen MR) is 48.6 cm³/mol. The van der Waals surface area contributed by atoms with Gasteiger partial charge in [0.1, 0.15) is 5.82 Å². The summed E-state index contributed by atoms with van der Waals surface area (Å²) in [6, 6.07) is 5.34. The highest BCUT2D eigenvalue weighted by atomic mass is 79.9. The molecule has 1 aromatic rings. The van der Waals surface area contributed by atoms with Crippen molar-refractivity contribution in [3.63, 3.8) is 0 Å². The molecule has 1 rings (SSSR count). The minimum atomic E-state index is -0.0931. The van der Waals surface area contributed by atoms with Crippen molar-refractivity contribution in [3.05, 3.63) is 35.1 Å². The van der Waals surface area contributed by atoms with Crippen LogP contribution in [-0.4, -0.2) is 5.33 Å². The van der Waals surface area contributed by atoms with Crippen molar-refractivity contribution in [3.8, 4) is 0 Å². The largest absolute Gasteiger partial charge is 0.207 e. The highest BCUT2D eigenvalue weighted by molar-refractivity contribution is 9.09. The van der Waals surface area contributed by atoms with Crippen LogP contribution in [0.4, 0.5) is 4.39 Å². The Balaban J connectivity index is 2.90. The molecule has 0 heterocycles. The first-order valence-electron chi connectivity index (χ1n) is 3.55. The molecule has 0 amide bonds. The Labute approximate surface area is 74.6 Å². The van der Waals surface area contributed by atoms with Gasteiger partial charge in [0.15, 0.2) is 0 Å². The van der Waals surface area contributed by atoms with Crippen LogP contribution in [0, 0.1) is 12.7 Å². The van der Waals surface area contributed by atoms with E-state index in [0.29, 0.717) is 0 Å². The molecule has 0 aromatic heterocycles. The van der Waals surface area contributed by atoms with E-state index in [2.05, 4.69) is 15.9 Å². The molecule has 2 heteroatoms. The molecule has 0 saturated carbocycles. The molecule has 0 N–H and O–H groups in total. The van der Waals surface area contributed by atoms with E-state index < -0.39 is 0 Å². The molecular weight excluding hydrogens is 207 g/mol. The van der Waals surface area contributed by atoms with Gasteiger partial charge < -0.3 is 0 Å². The third-order valence-electron chi connectivity index (χ3n) is 1.57. The van der Waals surface area contributed by atoms with Gasteiger partial charge in [0, 0.05) is 5.33 Å². The third kappa shape index (κ3) is 2.29. The monoisotopic (exact) mass is 216 g/mol. The summed E-state index contributed by atoms with van der Waals surface area (Å²) in [6.07, 6.45) is 0.756. The first kappa shape index (κ1) is 8.72. The van der Waals surface area contributed by atoms with Gasteiger partial charge in [-0.05, 0) is 30.5 Å². The zero-order chi connectivity index (χ0) is 8.27. The Morgan fingerprint density at radius 3 is 2.73 bits per heavy atom. The molecule has 0 bridgehead atoms. The van der Waals surface area contributed by atoms with E-state index in [4.69, 9.17) is 0 Å². The Morgan fingerprint density at radius 2 is 2.18 bits per heavy atom. The molecule has 0 fully saturated rings. The van der Waals surface area contributed by atoms with Crippen LogP contribution in [0.2, 0.25) is 0 Å². The van der Waals surface area contributed by atoms with Crippen LogP contribution in [-0.2, 0) is 6.42 Å². The lowest BCUT2D eigenvalue weighted by Gasteiger charge is -2.00. The second kappa shape index (κ2) is 3.86. The molecule has 11 heavy (non-hydrogen) atoms. The van der Waals surface area contributed by atoms with Crippen LogP contribution in [0.1, 0.15) is 11.1 Å². The molecule has 0 aliphatic heterocycles. The van der Waals surface area contributed by atoms with Gasteiger partial charge in [-0.1, -0.05) is 28.1 Å². The summed E-state index contributed by atoms with van der Waals surface area (Å²) >= 11 is 3.27. The summed E-state index contributed by atoms with van der Waals surface area (Å²) < 4.78 is 13.0. The lowest BCUT2D eigenvalue weighted by molar-refractivity contribution is 0.611. The second-order valence-electron chi connectivity index (χ2n) is 2.53. The lowest BCUT2D eigenvalue weighted by atomic mass is 10.1. The SMILES string of the molecule is Cc1ccc(CCBr)c(F)c1. The van der Waals surface area contributed by atoms with E-state index in [-0.39, 0.29) is 5.82 Å². The Morgan fingerprint density at radius 1 is 1.45 bits per heavy atom. The molecule has 0 nitrogen and oxygen atoms in total. The first-order chi connectivity index (χ1) is 5.24. The van der Waals surface area contributed by atoms with Crippen molar-refractivity contribution >= 4 is 15.9 Å². The lowest BCUT2D eigenvalue weighted by Crippen LogP contribution is -1.91. The number of hydrogen-bond acceptors (Lipinski definition) is 0. The van der Waals surface area contributed by atoms with Gasteiger partial charge >= 0.3 is 0 Å². The maximum absolute atomic E-state index is 13.0. The number of aryl methyl sites for hydroxylation is 2. The summed E-state index contributed by atoms with van der Waals surface area (Å²) in [5, 5.41) is 0.812. The van der Waals surface area contributed by atoms with Crippen LogP contribution in [0.25, 0.3) is 0 Å². The van der Waals surface area contributed by atoms with Gasteiger partial charge in [0.2, 0.25) is 0 Å². The van der Waals surface area contributed by atoms with Gasteiger partial charge in [-0.2, -0.15) is 0 Å². The minimum Gasteiger partial charge on any atom is -0.207 e. The molecule has 60 valence electrons. The molecule has 0 aliphatic rings. The summed E-state index contributed by atoms with van der Waals surface area (Å²) in [4.78, 5) is 0. The van der Waals surface area contributed by atoms with Crippen LogP contribution >= 0.6 is 15.9 Å². The van der Waals surface area contributed by atoms with Gasteiger partial charge in [-0.15, -0.1) is 0 Å². The molecule has 0 spiro atoms. The normalized spacial score (nSPS) is 10.1. The van der Waals surface area contributed by atoms with Crippen molar-refractivity contribution in [1.29, 1.82) is 0 Å². The Kier molecular flexibility index (Phi) is 3.06. The molecule has 0 radical (unpaired) electrons. The predicted octanol–water partition coefficient (Wildman–Crippen LogP) is 3.07. The van der Waals surface area contributed by atoms with Gasteiger partial charge in [0.05, 0.1) is 0 Å². The van der Waals surface area contributed by atoms with Crippen molar-refractivity contribution in [2.45, 2.75) is 13.3 Å². The van der Waals surface area contributed by atoms with Gasteiger partial charge in [0.25, 0.3) is 0 Å². The maximum atomic E-state index is 13.0. The standard InChI is InChI=1S/C9H10BrF/c1-7-2-3-8(4-5-10)9(11)6-7/h2-3,6H,4-5H2,1H3. The highest BCUT2D eigenvalue weighted by Crippen LogP contribution is 2.10. The first-order valence-corrected chi connectivity index (χ1v) is 4.67. The Bertz CT molecular complexity index is 245. The zero-order valence-corrected chi connectivity index (χ0v) is 7.99. The average Bonchev–Trinajstić information content (AvgIpc) is 1.95. The molecule has 0 aliphatic carbocycles. The smallest absolute Gasteiger partial charge is 0.126 e. The topological polar surface area (TPSA) is 0 Å². The average molecular weight is 217 g/mol. The Hall–Kier alpha value is -0.370. The van der Waals surface area contributed by atoms with Crippen LogP contribution in [0.15, 0.2) is 18.2 Å². The fraction of sp³-hybridized carbons (Fsp3) is 0.333. The summed E-state index contributed by atoms with van der Waals surface area (Å²) in [5.41, 5.74) is 1.76. The van der Waals surface area contributed by atoms with Crippen molar-refractivity contribution in [1.82, 2.24) is 0 Å². The minimum absolute atomic E-state index is 0.0931. The van der Waals surface area contributed by atoms with Crippen molar-refractivity contribution in [2.24, 2.45) is 0 Å². The second-order valence-corrected chi connectivity index (χ2v) is 3.33. The zero-order valence-electron chi connectivity index (χ0n) is 6.40. The number of alkyl halides is 1. The molecule has 0 atom stereocenters. The molecule has 1 aromatic carbocycles. The van der Waals surface area contributed by atoms with Crippen LogP contribution in [0.3, 0.4) is 0 Å².